The minimum Gasteiger partial charge on any atom is -0.358 e. The van der Waals surface area contributed by atoms with Crippen molar-refractivity contribution in [3.63, 3.8) is 0 Å². The van der Waals surface area contributed by atoms with E-state index in [1.807, 2.05) is 62.4 Å². The van der Waals surface area contributed by atoms with Gasteiger partial charge in [-0.1, -0.05) is 48.5 Å². The molecule has 6 heteroatoms. The molecular formula is C20H22N4O2. The van der Waals surface area contributed by atoms with Crippen molar-refractivity contribution in [2.75, 3.05) is 6.61 Å². The third kappa shape index (κ3) is 4.61. The smallest absolute Gasteiger partial charge is 0.205 e. The highest BCUT2D eigenvalue weighted by atomic mass is 16.5. The van der Waals surface area contributed by atoms with Crippen LogP contribution in [0.2, 0.25) is 0 Å². The molecule has 0 aliphatic rings. The lowest BCUT2D eigenvalue weighted by molar-refractivity contribution is -0.117. The highest BCUT2D eigenvalue weighted by Crippen LogP contribution is 2.16. The number of ketones is 1. The number of benzene rings is 2. The van der Waals surface area contributed by atoms with Crippen molar-refractivity contribution in [3.05, 3.63) is 65.2 Å². The van der Waals surface area contributed by atoms with E-state index in [4.69, 9.17) is 4.74 Å². The largest absolute Gasteiger partial charge is 0.358 e. The molecule has 6 nitrogen and oxygen atoms in total. The highest BCUT2D eigenvalue weighted by molar-refractivity contribution is 5.83. The fourth-order valence-electron chi connectivity index (χ4n) is 2.67. The van der Waals surface area contributed by atoms with Crippen LogP contribution < -0.4 is 0 Å². The van der Waals surface area contributed by atoms with E-state index < -0.39 is 0 Å². The van der Waals surface area contributed by atoms with E-state index in [9.17, 15) is 4.79 Å². The van der Waals surface area contributed by atoms with Crippen molar-refractivity contribution in [2.24, 2.45) is 0 Å². The summed E-state index contributed by atoms with van der Waals surface area (Å²) < 4.78 is 5.25. The Bertz CT molecular complexity index is 872. The zero-order valence-corrected chi connectivity index (χ0v) is 15.1. The number of hydrogen-bond acceptors (Lipinski definition) is 5. The average molecular weight is 350 g/mol. The Kier molecular flexibility index (Phi) is 5.86. The van der Waals surface area contributed by atoms with E-state index in [1.165, 1.54) is 4.80 Å². The summed E-state index contributed by atoms with van der Waals surface area (Å²) in [6.07, 6.45) is 0.876. The third-order valence-electron chi connectivity index (χ3n) is 4.13. The number of hydrogen-bond donors (Lipinski definition) is 0. The van der Waals surface area contributed by atoms with Crippen molar-refractivity contribution in [1.82, 2.24) is 20.2 Å². The first-order valence-corrected chi connectivity index (χ1v) is 8.66. The quantitative estimate of drug-likeness (QED) is 0.625. The second kappa shape index (κ2) is 8.49. The minimum atomic E-state index is 0.202. The molecular weight excluding hydrogens is 328 g/mol. The fraction of sp³-hybridized carbons (Fsp3) is 0.300. The lowest BCUT2D eigenvalue weighted by Gasteiger charge is -2.05. The van der Waals surface area contributed by atoms with E-state index in [0.29, 0.717) is 25.3 Å². The minimum absolute atomic E-state index is 0.202. The van der Waals surface area contributed by atoms with Crippen LogP contribution in [0.5, 0.6) is 0 Å². The molecule has 0 unspecified atom stereocenters. The third-order valence-corrected chi connectivity index (χ3v) is 4.13. The Labute approximate surface area is 152 Å². The van der Waals surface area contributed by atoms with Gasteiger partial charge in [0.05, 0.1) is 0 Å². The van der Waals surface area contributed by atoms with E-state index in [1.54, 1.807) is 0 Å². The number of rotatable bonds is 8. The number of carbonyl (C=O) groups excluding carboxylic acids is 1. The molecule has 0 fully saturated rings. The molecule has 134 valence electrons. The summed E-state index contributed by atoms with van der Waals surface area (Å²) in [4.78, 5) is 13.8. The summed E-state index contributed by atoms with van der Waals surface area (Å²) in [6.45, 7) is 4.83. The molecule has 3 rings (SSSR count). The standard InChI is InChI=1S/C20H22N4O2/c1-3-26-14-24-22-20(21-23-24)17-10-8-16(9-11-17)12-19(25)13-18-7-5-4-6-15(18)2/h4-11H,3,12-14H2,1-2H3. The van der Waals surface area contributed by atoms with Gasteiger partial charge < -0.3 is 4.74 Å². The molecule has 2 aromatic carbocycles. The van der Waals surface area contributed by atoms with Gasteiger partial charge in [0.2, 0.25) is 5.82 Å². The van der Waals surface area contributed by atoms with Crippen LogP contribution in [0.4, 0.5) is 0 Å². The van der Waals surface area contributed by atoms with E-state index in [2.05, 4.69) is 15.4 Å². The maximum Gasteiger partial charge on any atom is 0.205 e. The fourth-order valence-corrected chi connectivity index (χ4v) is 2.67. The van der Waals surface area contributed by atoms with Crippen molar-refractivity contribution in [1.29, 1.82) is 0 Å². The second-order valence-corrected chi connectivity index (χ2v) is 6.12. The molecule has 0 saturated heterocycles. The van der Waals surface area contributed by atoms with Crippen molar-refractivity contribution in [3.8, 4) is 11.4 Å². The maximum atomic E-state index is 12.3. The summed E-state index contributed by atoms with van der Waals surface area (Å²) in [5, 5.41) is 12.3. The van der Waals surface area contributed by atoms with Gasteiger partial charge in [-0.3, -0.25) is 4.79 Å². The molecule has 0 radical (unpaired) electrons. The monoisotopic (exact) mass is 350 g/mol. The summed E-state index contributed by atoms with van der Waals surface area (Å²) in [5.41, 5.74) is 4.08. The van der Waals surface area contributed by atoms with Gasteiger partial charge in [0.1, 0.15) is 5.78 Å². The number of tetrazole rings is 1. The molecule has 0 amide bonds. The Balaban J connectivity index is 1.61. The zero-order valence-electron chi connectivity index (χ0n) is 15.1. The number of nitrogens with zero attached hydrogens (tertiary/aromatic N) is 4. The topological polar surface area (TPSA) is 69.9 Å². The molecule has 0 aliphatic heterocycles. The van der Waals surface area contributed by atoms with Crippen LogP contribution in [-0.4, -0.2) is 32.6 Å². The van der Waals surface area contributed by atoms with Gasteiger partial charge in [-0.05, 0) is 35.8 Å². The predicted octanol–water partition coefficient (Wildman–Crippen LogP) is 3.00. The lowest BCUT2D eigenvalue weighted by atomic mass is 9.99. The van der Waals surface area contributed by atoms with Gasteiger partial charge in [0, 0.05) is 25.0 Å². The first-order chi connectivity index (χ1) is 12.7. The molecule has 0 atom stereocenters. The molecule has 26 heavy (non-hydrogen) atoms. The zero-order chi connectivity index (χ0) is 18.4. The maximum absolute atomic E-state index is 12.3. The first-order valence-electron chi connectivity index (χ1n) is 8.66. The van der Waals surface area contributed by atoms with Gasteiger partial charge in [-0.25, -0.2) is 0 Å². The normalized spacial score (nSPS) is 10.8. The Morgan fingerprint density at radius 1 is 1.08 bits per heavy atom. The summed E-state index contributed by atoms with van der Waals surface area (Å²) in [7, 11) is 0. The predicted molar refractivity (Wildman–Crippen MR) is 98.5 cm³/mol. The average Bonchev–Trinajstić information content (AvgIpc) is 3.11. The van der Waals surface area contributed by atoms with Crippen LogP contribution in [0, 0.1) is 6.92 Å². The number of ether oxygens (including phenoxy) is 1. The van der Waals surface area contributed by atoms with Gasteiger partial charge >= 0.3 is 0 Å². The number of aromatic nitrogens is 4. The summed E-state index contributed by atoms with van der Waals surface area (Å²) in [5.74, 6) is 0.746. The number of Topliss-reactive ketones (excluding diaryl/α,β-unsaturated/α-hetero) is 1. The van der Waals surface area contributed by atoms with Gasteiger partial charge in [-0.15, -0.1) is 15.0 Å². The molecule has 0 bridgehead atoms. The summed E-state index contributed by atoms with van der Waals surface area (Å²) in [6, 6.07) is 15.7. The number of aryl methyl sites for hydroxylation is 1. The second-order valence-electron chi connectivity index (χ2n) is 6.12. The van der Waals surface area contributed by atoms with Crippen LogP contribution >= 0.6 is 0 Å². The van der Waals surface area contributed by atoms with Crippen molar-refractivity contribution >= 4 is 5.78 Å². The Hall–Kier alpha value is -2.86. The van der Waals surface area contributed by atoms with E-state index in [0.717, 1.165) is 22.3 Å². The molecule has 1 aromatic heterocycles. The Morgan fingerprint density at radius 3 is 2.58 bits per heavy atom. The van der Waals surface area contributed by atoms with E-state index >= 15 is 0 Å². The van der Waals surface area contributed by atoms with Crippen LogP contribution in [0.15, 0.2) is 48.5 Å². The molecule has 0 saturated carbocycles. The Morgan fingerprint density at radius 2 is 1.85 bits per heavy atom. The molecule has 0 aliphatic carbocycles. The SMILES string of the molecule is CCOCn1nnc(-c2ccc(CC(=O)Cc3ccccc3C)cc2)n1. The molecule has 1 heterocycles. The molecule has 0 spiro atoms. The molecule has 3 aromatic rings. The number of carbonyl (C=O) groups is 1. The van der Waals surface area contributed by atoms with E-state index in [-0.39, 0.29) is 12.5 Å². The van der Waals surface area contributed by atoms with Gasteiger partial charge in [-0.2, -0.15) is 0 Å². The van der Waals surface area contributed by atoms with Crippen LogP contribution in [-0.2, 0) is 29.1 Å². The van der Waals surface area contributed by atoms with Crippen LogP contribution in [0.25, 0.3) is 11.4 Å². The van der Waals surface area contributed by atoms with Crippen molar-refractivity contribution < 1.29 is 9.53 Å². The summed E-state index contributed by atoms with van der Waals surface area (Å²) >= 11 is 0. The first kappa shape index (κ1) is 17.9. The molecule has 0 N–H and O–H groups in total. The van der Waals surface area contributed by atoms with Gasteiger partial charge in [0.15, 0.2) is 6.73 Å². The van der Waals surface area contributed by atoms with Crippen LogP contribution in [0.3, 0.4) is 0 Å². The lowest BCUT2D eigenvalue weighted by Crippen LogP contribution is -2.07. The van der Waals surface area contributed by atoms with Gasteiger partial charge in [0.25, 0.3) is 0 Å². The highest BCUT2D eigenvalue weighted by Gasteiger charge is 2.09. The van der Waals surface area contributed by atoms with Crippen LogP contribution in [0.1, 0.15) is 23.6 Å². The van der Waals surface area contributed by atoms with Crippen molar-refractivity contribution in [2.45, 2.75) is 33.4 Å².